The number of nitrogens with one attached hydrogen (secondary N) is 3. The number of pyridine rings is 2. The van der Waals surface area contributed by atoms with Gasteiger partial charge in [0.15, 0.2) is 17.5 Å². The number of halogens is 1. The molecule has 3 aromatic heterocycles. The van der Waals surface area contributed by atoms with Gasteiger partial charge >= 0.3 is 6.09 Å². The lowest BCUT2D eigenvalue weighted by Gasteiger charge is -2.27. The Hall–Kier alpha value is -4.47. The molecule has 0 fully saturated rings. The van der Waals surface area contributed by atoms with Gasteiger partial charge in [-0.3, -0.25) is 0 Å². The molecule has 4 N–H and O–H groups in total. The molecule has 1 amide bonds. The molecular weight excluding hydrogens is 457 g/mol. The topological polar surface area (TPSA) is 163 Å². The quantitative estimate of drug-likeness (QED) is 0.336. The summed E-state index contributed by atoms with van der Waals surface area (Å²) in [5.41, 5.74) is 0.839. The number of aromatic nitrogens is 5. The zero-order valence-electron chi connectivity index (χ0n) is 19.7. The summed E-state index contributed by atoms with van der Waals surface area (Å²) in [6.45, 7) is 5.63. The summed E-state index contributed by atoms with van der Waals surface area (Å²) in [6, 6.07) is 3.65. The van der Waals surface area contributed by atoms with Crippen molar-refractivity contribution >= 4 is 23.4 Å². The number of carbonyl (C=O) groups is 1. The van der Waals surface area contributed by atoms with Crippen molar-refractivity contribution < 1.29 is 19.0 Å². The molecule has 12 nitrogen and oxygen atoms in total. The van der Waals surface area contributed by atoms with Crippen LogP contribution in [0, 0.1) is 23.1 Å². The standard InChI is InChI=1S/C22H26FN9O3/c1-12(2)7-17(13(3)28-22(33)34)30-20-16(23)8-14(10-24)19(31-20)29-15-9-18(21(35-4)25-11-15)32-26-5-6-27-32/h5-6,8-9,11-13,17,28H,7H2,1-4H3,(H,33,34)(H2,29,30,31)/t13-,17-/m0/s1. The molecule has 0 aliphatic heterocycles. The van der Waals surface area contributed by atoms with E-state index in [1.165, 1.54) is 30.5 Å². The summed E-state index contributed by atoms with van der Waals surface area (Å²) in [5, 5.41) is 35.2. The molecule has 3 heterocycles. The van der Waals surface area contributed by atoms with E-state index in [0.717, 1.165) is 6.07 Å². The van der Waals surface area contributed by atoms with Crippen LogP contribution in [0.5, 0.6) is 5.88 Å². The number of anilines is 3. The van der Waals surface area contributed by atoms with Crippen molar-refractivity contribution in [3.05, 3.63) is 42.1 Å². The highest BCUT2D eigenvalue weighted by atomic mass is 19.1. The monoisotopic (exact) mass is 483 g/mol. The van der Waals surface area contributed by atoms with Crippen molar-refractivity contribution in [3.63, 3.8) is 0 Å². The fourth-order valence-corrected chi connectivity index (χ4v) is 3.42. The SMILES string of the molecule is COc1ncc(Nc2nc(N[C@@H](CC(C)C)[C@H](C)NC(=O)O)c(F)cc2C#N)cc1-n1nccn1. The van der Waals surface area contributed by atoms with Gasteiger partial charge in [-0.15, -0.1) is 4.80 Å². The van der Waals surface area contributed by atoms with E-state index in [1.807, 2.05) is 19.9 Å². The zero-order valence-corrected chi connectivity index (χ0v) is 19.7. The van der Waals surface area contributed by atoms with Gasteiger partial charge in [0.05, 0.1) is 37.0 Å². The number of carboxylic acid groups (broad SMARTS) is 1. The van der Waals surface area contributed by atoms with Gasteiger partial charge in [0.25, 0.3) is 0 Å². The zero-order chi connectivity index (χ0) is 25.5. The first-order valence-corrected chi connectivity index (χ1v) is 10.8. The van der Waals surface area contributed by atoms with Gasteiger partial charge in [-0.1, -0.05) is 13.8 Å². The average molecular weight is 484 g/mol. The number of nitrogens with zero attached hydrogens (tertiary/aromatic N) is 6. The van der Waals surface area contributed by atoms with Crippen molar-refractivity contribution in [3.8, 4) is 17.6 Å². The largest absolute Gasteiger partial charge is 0.479 e. The fourth-order valence-electron chi connectivity index (χ4n) is 3.42. The highest BCUT2D eigenvalue weighted by molar-refractivity contribution is 5.67. The Morgan fingerprint density at radius 2 is 1.97 bits per heavy atom. The molecule has 3 aromatic rings. The average Bonchev–Trinajstić information content (AvgIpc) is 3.34. The van der Waals surface area contributed by atoms with Crippen LogP contribution in [0.4, 0.5) is 26.5 Å². The number of rotatable bonds is 10. The van der Waals surface area contributed by atoms with Crippen LogP contribution in [-0.4, -0.2) is 55.4 Å². The number of hydrogen-bond acceptors (Lipinski definition) is 9. The van der Waals surface area contributed by atoms with Crippen LogP contribution in [0.15, 0.2) is 30.7 Å². The summed E-state index contributed by atoms with van der Waals surface area (Å²) in [7, 11) is 1.46. The highest BCUT2D eigenvalue weighted by Gasteiger charge is 2.23. The molecule has 0 aromatic carbocycles. The van der Waals surface area contributed by atoms with Crippen LogP contribution in [0.1, 0.15) is 32.8 Å². The third-order valence-corrected chi connectivity index (χ3v) is 5.02. The van der Waals surface area contributed by atoms with Gasteiger partial charge in [0.1, 0.15) is 11.8 Å². The van der Waals surface area contributed by atoms with Crippen LogP contribution < -0.4 is 20.7 Å². The van der Waals surface area contributed by atoms with Crippen molar-refractivity contribution in [2.24, 2.45) is 5.92 Å². The summed E-state index contributed by atoms with van der Waals surface area (Å²) in [5.74, 6) is -0.295. The number of hydrogen-bond donors (Lipinski definition) is 4. The third-order valence-electron chi connectivity index (χ3n) is 5.02. The minimum Gasteiger partial charge on any atom is -0.479 e. The second kappa shape index (κ2) is 11.1. The van der Waals surface area contributed by atoms with E-state index in [2.05, 4.69) is 36.1 Å². The normalized spacial score (nSPS) is 12.5. The molecule has 0 spiro atoms. The maximum absolute atomic E-state index is 14.8. The minimum absolute atomic E-state index is 0.0280. The first kappa shape index (κ1) is 25.2. The Bertz CT molecular complexity index is 1210. The van der Waals surface area contributed by atoms with Crippen LogP contribution >= 0.6 is 0 Å². The summed E-state index contributed by atoms with van der Waals surface area (Å²) in [6.07, 6.45) is 3.83. The summed E-state index contributed by atoms with van der Waals surface area (Å²) < 4.78 is 20.1. The van der Waals surface area contributed by atoms with Crippen molar-refractivity contribution in [2.45, 2.75) is 39.3 Å². The molecule has 0 aliphatic carbocycles. The molecule has 184 valence electrons. The van der Waals surface area contributed by atoms with Gasteiger partial charge in [-0.2, -0.15) is 15.5 Å². The van der Waals surface area contributed by atoms with Gasteiger partial charge in [0.2, 0.25) is 5.88 Å². The number of ether oxygens (including phenoxy) is 1. The lowest BCUT2D eigenvalue weighted by Crippen LogP contribution is -2.45. The molecule has 35 heavy (non-hydrogen) atoms. The predicted octanol–water partition coefficient (Wildman–Crippen LogP) is 3.30. The molecule has 2 atom stereocenters. The smallest absolute Gasteiger partial charge is 0.404 e. The van der Waals surface area contributed by atoms with Gasteiger partial charge in [-0.05, 0) is 31.4 Å². The van der Waals surface area contributed by atoms with Crippen LogP contribution in [0.3, 0.4) is 0 Å². The molecular formula is C22H26FN9O3. The maximum atomic E-state index is 14.8. The summed E-state index contributed by atoms with van der Waals surface area (Å²) >= 11 is 0. The molecule has 0 saturated heterocycles. The number of methoxy groups -OCH3 is 1. The molecule has 0 unspecified atom stereocenters. The second-order valence-electron chi connectivity index (χ2n) is 8.14. The van der Waals surface area contributed by atoms with Crippen LogP contribution in [-0.2, 0) is 0 Å². The first-order valence-electron chi connectivity index (χ1n) is 10.8. The van der Waals surface area contributed by atoms with Crippen LogP contribution in [0.2, 0.25) is 0 Å². The minimum atomic E-state index is -1.18. The van der Waals surface area contributed by atoms with E-state index < -0.39 is 24.0 Å². The van der Waals surface area contributed by atoms with E-state index in [1.54, 1.807) is 13.0 Å². The number of amides is 1. The highest BCUT2D eigenvalue weighted by Crippen LogP contribution is 2.28. The van der Waals surface area contributed by atoms with Crippen molar-refractivity contribution in [2.75, 3.05) is 17.7 Å². The van der Waals surface area contributed by atoms with E-state index >= 15 is 0 Å². The third kappa shape index (κ3) is 6.32. The fraction of sp³-hybridized carbons (Fsp3) is 0.364. The predicted molar refractivity (Wildman–Crippen MR) is 125 cm³/mol. The molecule has 0 saturated carbocycles. The van der Waals surface area contributed by atoms with E-state index in [9.17, 15) is 14.4 Å². The molecule has 13 heteroatoms. The Labute approximate surface area is 201 Å². The van der Waals surface area contributed by atoms with Gasteiger partial charge in [0, 0.05) is 12.1 Å². The van der Waals surface area contributed by atoms with Crippen LogP contribution in [0.25, 0.3) is 5.69 Å². The Morgan fingerprint density at radius 1 is 1.26 bits per heavy atom. The second-order valence-corrected chi connectivity index (χ2v) is 8.14. The maximum Gasteiger partial charge on any atom is 0.404 e. The summed E-state index contributed by atoms with van der Waals surface area (Å²) in [4.78, 5) is 21.0. The molecule has 0 aliphatic rings. The Kier molecular flexibility index (Phi) is 7.98. The molecule has 0 radical (unpaired) electrons. The Morgan fingerprint density at radius 3 is 2.57 bits per heavy atom. The van der Waals surface area contributed by atoms with E-state index in [-0.39, 0.29) is 29.0 Å². The lowest BCUT2D eigenvalue weighted by atomic mass is 9.98. The van der Waals surface area contributed by atoms with Gasteiger partial charge < -0.3 is 25.8 Å². The molecule has 3 rings (SSSR count). The first-order chi connectivity index (χ1) is 16.7. The number of nitriles is 1. The molecule has 0 bridgehead atoms. The van der Waals surface area contributed by atoms with E-state index in [4.69, 9.17) is 9.84 Å². The van der Waals surface area contributed by atoms with E-state index in [0.29, 0.717) is 17.8 Å². The Balaban J connectivity index is 1.94. The van der Waals surface area contributed by atoms with Crippen molar-refractivity contribution in [1.82, 2.24) is 30.3 Å². The lowest BCUT2D eigenvalue weighted by molar-refractivity contribution is 0.188. The van der Waals surface area contributed by atoms with Gasteiger partial charge in [-0.25, -0.2) is 19.2 Å². The van der Waals surface area contributed by atoms with Crippen molar-refractivity contribution in [1.29, 1.82) is 5.26 Å².